The molecule has 0 saturated carbocycles. The number of carbonyl (C=O) groups excluding carboxylic acids is 1. The van der Waals surface area contributed by atoms with Crippen molar-refractivity contribution >= 4 is 6.09 Å². The average Bonchev–Trinajstić information content (AvgIpc) is 3.44. The lowest BCUT2D eigenvalue weighted by Crippen LogP contribution is -2.47. The van der Waals surface area contributed by atoms with Gasteiger partial charge in [-0.3, -0.25) is 4.84 Å². The Morgan fingerprint density at radius 3 is 2.18 bits per heavy atom. The van der Waals surface area contributed by atoms with Gasteiger partial charge in [0.2, 0.25) is 0 Å². The topological polar surface area (TPSA) is 48.0 Å². The highest BCUT2D eigenvalue weighted by atomic mass is 16.7. The van der Waals surface area contributed by atoms with E-state index in [1.165, 1.54) is 16.2 Å². The maximum Gasteiger partial charge on any atom is 0.434 e. The fraction of sp³-hybridized carbons (Fsp3) is 0.464. The Hall–Kier alpha value is -2.63. The van der Waals surface area contributed by atoms with Crippen molar-refractivity contribution in [3.63, 3.8) is 0 Å². The van der Waals surface area contributed by atoms with E-state index in [1.54, 1.807) is 0 Å². The first-order valence-corrected chi connectivity index (χ1v) is 12.2. The van der Waals surface area contributed by atoms with Crippen molar-refractivity contribution in [2.45, 2.75) is 64.2 Å². The number of benzene rings is 2. The quantitative estimate of drug-likeness (QED) is 0.546. The fourth-order valence-electron chi connectivity index (χ4n) is 5.16. The van der Waals surface area contributed by atoms with E-state index in [0.29, 0.717) is 13.2 Å². The lowest BCUT2D eigenvalue weighted by molar-refractivity contribution is -0.146. The van der Waals surface area contributed by atoms with Gasteiger partial charge in [-0.05, 0) is 36.8 Å². The molecule has 176 valence electrons. The molecule has 5 nitrogen and oxygen atoms in total. The molecular weight excluding hydrogens is 414 g/mol. The van der Waals surface area contributed by atoms with Gasteiger partial charge in [-0.15, -0.1) is 0 Å². The number of carbonyl (C=O) groups is 1. The molecule has 3 atom stereocenters. The van der Waals surface area contributed by atoms with E-state index in [0.717, 1.165) is 32.1 Å². The standard InChI is InChI=1S/C26H29NO4.C2H6/c28-25(27-22-12-13-23(16-22)31-27)30-24-19-29-15-7-14-26(24,17-20-8-3-1-4-9-20)18-21-10-5-2-6-11-21;1-2/h1-6,8-13,22-24H,7,14-19H2;1-2H3. The molecule has 2 aromatic carbocycles. The zero-order valence-electron chi connectivity index (χ0n) is 19.7. The van der Waals surface area contributed by atoms with Crippen molar-refractivity contribution in [3.8, 4) is 0 Å². The van der Waals surface area contributed by atoms with Gasteiger partial charge in [-0.25, -0.2) is 4.79 Å². The van der Waals surface area contributed by atoms with Gasteiger partial charge in [0, 0.05) is 18.4 Å². The summed E-state index contributed by atoms with van der Waals surface area (Å²) in [6.07, 6.45) is 7.62. The van der Waals surface area contributed by atoms with Crippen LogP contribution in [0.15, 0.2) is 72.8 Å². The number of hydrogen-bond acceptors (Lipinski definition) is 4. The number of nitrogens with zero attached hydrogens (tertiary/aromatic N) is 1. The van der Waals surface area contributed by atoms with E-state index in [2.05, 4.69) is 48.5 Å². The Bertz CT molecular complexity index is 873. The molecule has 2 fully saturated rings. The van der Waals surface area contributed by atoms with Crippen molar-refractivity contribution in [2.24, 2.45) is 5.41 Å². The van der Waals surface area contributed by atoms with Crippen LogP contribution in [-0.2, 0) is 27.2 Å². The van der Waals surface area contributed by atoms with Crippen molar-refractivity contribution in [1.82, 2.24) is 5.06 Å². The van der Waals surface area contributed by atoms with Crippen LogP contribution in [0, 0.1) is 5.41 Å². The minimum atomic E-state index is -0.405. The van der Waals surface area contributed by atoms with Crippen LogP contribution in [0.3, 0.4) is 0 Å². The Morgan fingerprint density at radius 2 is 1.64 bits per heavy atom. The number of ether oxygens (including phenoxy) is 2. The average molecular weight is 450 g/mol. The zero-order valence-corrected chi connectivity index (χ0v) is 19.7. The van der Waals surface area contributed by atoms with Gasteiger partial charge in [0.15, 0.2) is 0 Å². The Labute approximate surface area is 197 Å². The Morgan fingerprint density at radius 1 is 1.00 bits per heavy atom. The summed E-state index contributed by atoms with van der Waals surface area (Å²) in [7, 11) is 0. The Kier molecular flexibility index (Phi) is 7.84. The monoisotopic (exact) mass is 449 g/mol. The van der Waals surface area contributed by atoms with Crippen LogP contribution in [0.5, 0.6) is 0 Å². The van der Waals surface area contributed by atoms with Crippen molar-refractivity contribution in [1.29, 1.82) is 0 Å². The van der Waals surface area contributed by atoms with E-state index < -0.39 is 6.09 Å². The molecule has 5 heteroatoms. The highest BCUT2D eigenvalue weighted by molar-refractivity contribution is 5.68. The van der Waals surface area contributed by atoms with E-state index in [1.807, 2.05) is 38.1 Å². The normalized spacial score (nSPS) is 25.2. The molecular formula is C28H35NO4. The van der Waals surface area contributed by atoms with Crippen molar-refractivity contribution in [3.05, 3.63) is 83.9 Å². The van der Waals surface area contributed by atoms with Crippen LogP contribution in [0.1, 0.15) is 44.2 Å². The number of fused-ring (bicyclic) bond motifs is 2. The SMILES string of the molecule is CC.O=C(OC1COCCCC1(Cc1ccccc1)Cc1ccccc1)N1OC2C=CC1C2. The molecule has 0 spiro atoms. The fourth-order valence-corrected chi connectivity index (χ4v) is 5.16. The third-order valence-electron chi connectivity index (χ3n) is 6.71. The summed E-state index contributed by atoms with van der Waals surface area (Å²) in [4.78, 5) is 18.8. The number of rotatable bonds is 5. The lowest BCUT2D eigenvalue weighted by Gasteiger charge is -2.40. The van der Waals surface area contributed by atoms with Gasteiger partial charge < -0.3 is 9.47 Å². The number of hydrogen-bond donors (Lipinski definition) is 0. The van der Waals surface area contributed by atoms with Gasteiger partial charge in [-0.2, -0.15) is 5.06 Å². The molecule has 5 rings (SSSR count). The summed E-state index contributed by atoms with van der Waals surface area (Å²) < 4.78 is 12.1. The second-order valence-electron chi connectivity index (χ2n) is 8.90. The van der Waals surface area contributed by atoms with Crippen LogP contribution in [0.4, 0.5) is 4.79 Å². The molecule has 0 N–H and O–H groups in total. The zero-order chi connectivity index (χ0) is 23.1. The number of hydroxylamine groups is 2. The van der Waals surface area contributed by atoms with Crippen LogP contribution in [-0.4, -0.2) is 42.6 Å². The van der Waals surface area contributed by atoms with Gasteiger partial charge in [0.1, 0.15) is 12.2 Å². The summed E-state index contributed by atoms with van der Waals surface area (Å²) >= 11 is 0. The highest BCUT2D eigenvalue weighted by Gasteiger charge is 2.46. The van der Waals surface area contributed by atoms with Crippen LogP contribution in [0.25, 0.3) is 0 Å². The third-order valence-corrected chi connectivity index (χ3v) is 6.71. The molecule has 2 saturated heterocycles. The molecule has 0 aromatic heterocycles. The molecule has 1 aliphatic carbocycles. The molecule has 3 unspecified atom stereocenters. The summed E-state index contributed by atoms with van der Waals surface area (Å²) in [5.74, 6) is 0. The molecule has 2 heterocycles. The lowest BCUT2D eigenvalue weighted by atomic mass is 9.69. The molecule has 1 amide bonds. The van der Waals surface area contributed by atoms with Crippen LogP contribution < -0.4 is 0 Å². The summed E-state index contributed by atoms with van der Waals surface area (Å²) in [6, 6.07) is 21.0. The first-order chi connectivity index (χ1) is 16.2. The van der Waals surface area contributed by atoms with E-state index >= 15 is 0 Å². The van der Waals surface area contributed by atoms with Gasteiger partial charge in [0.25, 0.3) is 0 Å². The summed E-state index contributed by atoms with van der Waals surface area (Å²) in [6.45, 7) is 5.09. The van der Waals surface area contributed by atoms with E-state index in [9.17, 15) is 4.79 Å². The largest absolute Gasteiger partial charge is 0.441 e. The first-order valence-electron chi connectivity index (χ1n) is 12.2. The molecule has 2 aromatic rings. The maximum absolute atomic E-state index is 13.1. The highest BCUT2D eigenvalue weighted by Crippen LogP contribution is 2.41. The van der Waals surface area contributed by atoms with Gasteiger partial charge >= 0.3 is 6.09 Å². The smallest absolute Gasteiger partial charge is 0.434 e. The minimum absolute atomic E-state index is 0.0127. The predicted molar refractivity (Wildman–Crippen MR) is 129 cm³/mol. The molecule has 3 aliphatic rings. The van der Waals surface area contributed by atoms with Crippen molar-refractivity contribution < 1.29 is 19.1 Å². The van der Waals surface area contributed by atoms with E-state index in [4.69, 9.17) is 14.3 Å². The maximum atomic E-state index is 13.1. The number of amides is 1. The Balaban J connectivity index is 0.00000126. The van der Waals surface area contributed by atoms with Crippen LogP contribution in [0.2, 0.25) is 0 Å². The summed E-state index contributed by atoms with van der Waals surface area (Å²) in [5, 5.41) is 1.41. The van der Waals surface area contributed by atoms with Gasteiger partial charge in [0.05, 0.1) is 12.6 Å². The second kappa shape index (κ2) is 11.0. The van der Waals surface area contributed by atoms with Gasteiger partial charge in [-0.1, -0.05) is 86.7 Å². The molecule has 33 heavy (non-hydrogen) atoms. The first kappa shape index (κ1) is 23.5. The minimum Gasteiger partial charge on any atom is -0.441 e. The van der Waals surface area contributed by atoms with Crippen molar-refractivity contribution in [2.75, 3.05) is 13.2 Å². The molecule has 2 bridgehead atoms. The summed E-state index contributed by atoms with van der Waals surface area (Å²) in [5.41, 5.74) is 2.25. The predicted octanol–water partition coefficient (Wildman–Crippen LogP) is 5.74. The van der Waals surface area contributed by atoms with E-state index in [-0.39, 0.29) is 23.7 Å². The third kappa shape index (κ3) is 5.48. The molecule has 2 aliphatic heterocycles. The van der Waals surface area contributed by atoms with Crippen LogP contribution >= 0.6 is 0 Å². The molecule has 0 radical (unpaired) electrons. The second-order valence-corrected chi connectivity index (χ2v) is 8.90.